The van der Waals surface area contributed by atoms with E-state index >= 15 is 0 Å². The fourth-order valence-corrected chi connectivity index (χ4v) is 2.67. The van der Waals surface area contributed by atoms with E-state index in [0.717, 1.165) is 13.1 Å². The van der Waals surface area contributed by atoms with Crippen LogP contribution in [0.1, 0.15) is 32.4 Å². The zero-order valence-electron chi connectivity index (χ0n) is 11.8. The van der Waals surface area contributed by atoms with Crippen LogP contribution in [0.2, 0.25) is 0 Å². The highest BCUT2D eigenvalue weighted by Gasteiger charge is 2.24. The number of ether oxygens (including phenoxy) is 1. The lowest BCUT2D eigenvalue weighted by molar-refractivity contribution is -0.00528. The molecule has 2 rings (SSSR count). The fraction of sp³-hybridized carbons (Fsp3) is 0.600. The summed E-state index contributed by atoms with van der Waals surface area (Å²) >= 11 is 0. The summed E-state index contributed by atoms with van der Waals surface area (Å²) in [5, 5.41) is 3.33. The largest absolute Gasteiger partial charge is 0.372 e. The van der Waals surface area contributed by atoms with Crippen LogP contribution in [0.25, 0.3) is 0 Å². The van der Waals surface area contributed by atoms with Gasteiger partial charge in [0.25, 0.3) is 0 Å². The van der Waals surface area contributed by atoms with Crippen molar-refractivity contribution >= 4 is 5.69 Å². The van der Waals surface area contributed by atoms with Crippen molar-refractivity contribution in [3.63, 3.8) is 0 Å². The van der Waals surface area contributed by atoms with Crippen LogP contribution in [0.15, 0.2) is 24.3 Å². The molecule has 1 aliphatic heterocycles. The van der Waals surface area contributed by atoms with E-state index in [1.165, 1.54) is 11.3 Å². The van der Waals surface area contributed by atoms with E-state index in [4.69, 9.17) is 4.74 Å². The monoisotopic (exact) mass is 248 g/mol. The van der Waals surface area contributed by atoms with Gasteiger partial charge in [-0.15, -0.1) is 0 Å². The molecule has 1 N–H and O–H groups in total. The van der Waals surface area contributed by atoms with E-state index < -0.39 is 0 Å². The molecular weight excluding hydrogens is 224 g/mol. The Labute approximate surface area is 110 Å². The zero-order valence-corrected chi connectivity index (χ0v) is 11.8. The summed E-state index contributed by atoms with van der Waals surface area (Å²) in [5.74, 6) is 0. The Morgan fingerprint density at radius 1 is 1.22 bits per heavy atom. The van der Waals surface area contributed by atoms with Crippen LogP contribution in [0, 0.1) is 0 Å². The smallest absolute Gasteiger partial charge is 0.0726 e. The molecule has 1 aliphatic rings. The maximum absolute atomic E-state index is 5.81. The van der Waals surface area contributed by atoms with Crippen molar-refractivity contribution in [3.05, 3.63) is 29.8 Å². The van der Waals surface area contributed by atoms with E-state index in [2.05, 4.69) is 55.3 Å². The van der Waals surface area contributed by atoms with Crippen molar-refractivity contribution in [1.82, 2.24) is 5.32 Å². The maximum atomic E-state index is 5.81. The summed E-state index contributed by atoms with van der Waals surface area (Å²) in [4.78, 5) is 2.45. The van der Waals surface area contributed by atoms with E-state index in [1.54, 1.807) is 0 Å². The molecule has 3 nitrogen and oxygen atoms in total. The number of nitrogens with one attached hydrogen (secondary N) is 1. The van der Waals surface area contributed by atoms with Gasteiger partial charge in [-0.1, -0.05) is 18.2 Å². The van der Waals surface area contributed by atoms with Gasteiger partial charge >= 0.3 is 0 Å². The average molecular weight is 248 g/mol. The molecule has 0 amide bonds. The minimum absolute atomic E-state index is 0.298. The Hall–Kier alpha value is -1.06. The number of morpholine rings is 1. The van der Waals surface area contributed by atoms with E-state index in [1.807, 2.05) is 7.05 Å². The first-order valence-electron chi connectivity index (χ1n) is 6.78. The molecule has 18 heavy (non-hydrogen) atoms. The van der Waals surface area contributed by atoms with Crippen molar-refractivity contribution in [1.29, 1.82) is 0 Å². The van der Waals surface area contributed by atoms with Gasteiger partial charge in [0, 0.05) is 24.8 Å². The standard InChI is InChI=1S/C15H24N2O/c1-11-9-17(10-12(2)18-11)15-8-6-5-7-14(15)13(3)16-4/h5-8,11-13,16H,9-10H2,1-4H3. The maximum Gasteiger partial charge on any atom is 0.0726 e. The van der Waals surface area contributed by atoms with E-state index in [-0.39, 0.29) is 0 Å². The second kappa shape index (κ2) is 5.72. The quantitative estimate of drug-likeness (QED) is 0.890. The lowest BCUT2D eigenvalue weighted by Gasteiger charge is -2.38. The molecule has 100 valence electrons. The minimum atomic E-state index is 0.298. The lowest BCUT2D eigenvalue weighted by atomic mass is 10.0. The topological polar surface area (TPSA) is 24.5 Å². The Bertz CT molecular complexity index is 384. The Morgan fingerprint density at radius 3 is 2.44 bits per heavy atom. The first-order valence-corrected chi connectivity index (χ1v) is 6.78. The molecule has 1 aromatic carbocycles. The highest BCUT2D eigenvalue weighted by atomic mass is 16.5. The van der Waals surface area contributed by atoms with E-state index in [9.17, 15) is 0 Å². The second-order valence-corrected chi connectivity index (χ2v) is 5.23. The Morgan fingerprint density at radius 2 is 1.83 bits per heavy atom. The van der Waals surface area contributed by atoms with Gasteiger partial charge in [0.05, 0.1) is 12.2 Å². The third kappa shape index (κ3) is 2.85. The zero-order chi connectivity index (χ0) is 13.1. The molecule has 0 bridgehead atoms. The average Bonchev–Trinajstić information content (AvgIpc) is 2.36. The molecule has 1 heterocycles. The van der Waals surface area contributed by atoms with Crippen molar-refractivity contribution in [3.8, 4) is 0 Å². The number of nitrogens with zero attached hydrogens (tertiary/aromatic N) is 1. The van der Waals surface area contributed by atoms with E-state index in [0.29, 0.717) is 18.2 Å². The molecule has 0 saturated carbocycles. The molecule has 3 atom stereocenters. The van der Waals surface area contributed by atoms with Crippen LogP contribution in [0.3, 0.4) is 0 Å². The van der Waals surface area contributed by atoms with Crippen LogP contribution in [-0.2, 0) is 4.74 Å². The molecule has 3 heteroatoms. The summed E-state index contributed by atoms with van der Waals surface area (Å²) in [6, 6.07) is 9.02. The number of hydrogen-bond donors (Lipinski definition) is 1. The molecule has 1 saturated heterocycles. The number of para-hydroxylation sites is 1. The van der Waals surface area contributed by atoms with Crippen LogP contribution in [0.5, 0.6) is 0 Å². The number of anilines is 1. The van der Waals surface area contributed by atoms with Crippen LogP contribution < -0.4 is 10.2 Å². The Kier molecular flexibility index (Phi) is 4.25. The molecule has 3 unspecified atom stereocenters. The summed E-state index contributed by atoms with van der Waals surface area (Å²) in [6.07, 6.45) is 0.596. The van der Waals surface area contributed by atoms with Gasteiger partial charge in [0.15, 0.2) is 0 Å². The summed E-state index contributed by atoms with van der Waals surface area (Å²) in [7, 11) is 2.01. The van der Waals surface area contributed by atoms with Gasteiger partial charge in [-0.05, 0) is 39.4 Å². The highest BCUT2D eigenvalue weighted by molar-refractivity contribution is 5.55. The first-order chi connectivity index (χ1) is 8.61. The third-order valence-electron chi connectivity index (χ3n) is 3.60. The SMILES string of the molecule is CNC(C)c1ccccc1N1CC(C)OC(C)C1. The molecule has 1 aromatic rings. The predicted octanol–water partition coefficient (Wildman–Crippen LogP) is 2.58. The van der Waals surface area contributed by atoms with Gasteiger partial charge in [-0.25, -0.2) is 0 Å². The number of hydrogen-bond acceptors (Lipinski definition) is 3. The molecule has 0 aliphatic carbocycles. The molecular formula is C15H24N2O. The third-order valence-corrected chi connectivity index (χ3v) is 3.60. The van der Waals surface area contributed by atoms with Gasteiger partial charge in [0.1, 0.15) is 0 Å². The molecule has 1 fully saturated rings. The van der Waals surface area contributed by atoms with Gasteiger partial charge in [0.2, 0.25) is 0 Å². The minimum Gasteiger partial charge on any atom is -0.372 e. The molecule has 0 radical (unpaired) electrons. The summed E-state index contributed by atoms with van der Waals surface area (Å²) in [5.41, 5.74) is 2.70. The van der Waals surface area contributed by atoms with Gasteiger partial charge in [-0.2, -0.15) is 0 Å². The van der Waals surface area contributed by atoms with Gasteiger partial charge < -0.3 is 15.0 Å². The van der Waals surface area contributed by atoms with Crippen LogP contribution in [0.4, 0.5) is 5.69 Å². The van der Waals surface area contributed by atoms with Crippen molar-refractivity contribution in [2.24, 2.45) is 0 Å². The highest BCUT2D eigenvalue weighted by Crippen LogP contribution is 2.28. The summed E-state index contributed by atoms with van der Waals surface area (Å²) in [6.45, 7) is 8.43. The predicted molar refractivity (Wildman–Crippen MR) is 76.1 cm³/mol. The number of rotatable bonds is 3. The first kappa shape index (κ1) is 13.4. The lowest BCUT2D eigenvalue weighted by Crippen LogP contribution is -2.46. The number of benzene rings is 1. The second-order valence-electron chi connectivity index (χ2n) is 5.23. The molecule has 0 aromatic heterocycles. The summed E-state index contributed by atoms with van der Waals surface area (Å²) < 4.78 is 5.81. The van der Waals surface area contributed by atoms with Crippen molar-refractivity contribution in [2.75, 3.05) is 25.0 Å². The van der Waals surface area contributed by atoms with Crippen molar-refractivity contribution in [2.45, 2.75) is 39.0 Å². The van der Waals surface area contributed by atoms with Gasteiger partial charge in [-0.3, -0.25) is 0 Å². The molecule has 0 spiro atoms. The normalized spacial score (nSPS) is 26.1. The van der Waals surface area contributed by atoms with Crippen LogP contribution >= 0.6 is 0 Å². The van der Waals surface area contributed by atoms with Crippen molar-refractivity contribution < 1.29 is 4.74 Å². The van der Waals surface area contributed by atoms with Crippen LogP contribution in [-0.4, -0.2) is 32.3 Å². The fourth-order valence-electron chi connectivity index (χ4n) is 2.67. The Balaban J connectivity index is 2.26.